The molecule has 0 fully saturated rings. The number of fused-ring (bicyclic) bond motifs is 3. The molecule has 164 valence electrons. The molecule has 4 heteroatoms. The summed E-state index contributed by atoms with van der Waals surface area (Å²) in [7, 11) is 0. The van der Waals surface area contributed by atoms with Crippen LogP contribution in [0.3, 0.4) is 0 Å². The van der Waals surface area contributed by atoms with Gasteiger partial charge in [0, 0.05) is 29.7 Å². The molecule has 0 saturated carbocycles. The topological polar surface area (TPSA) is 50.8 Å². The number of allylic oxidation sites excluding steroid dienone is 1. The maximum absolute atomic E-state index is 9.70. The van der Waals surface area contributed by atoms with E-state index in [4.69, 9.17) is 9.72 Å². The molecule has 4 nitrogen and oxygen atoms in total. The number of ether oxygens (including phenoxy) is 1. The number of hydrogen-bond donors (Lipinski definition) is 0. The molecule has 0 atom stereocenters. The number of rotatable bonds is 4. The second-order valence-electron chi connectivity index (χ2n) is 8.69. The number of aryl methyl sites for hydroxylation is 2. The monoisotopic (exact) mass is 433 g/mol. The summed E-state index contributed by atoms with van der Waals surface area (Å²) in [6.07, 6.45) is 2.01. The highest BCUT2D eigenvalue weighted by Crippen LogP contribution is 2.38. The van der Waals surface area contributed by atoms with E-state index in [1.807, 2.05) is 31.2 Å². The van der Waals surface area contributed by atoms with Crippen molar-refractivity contribution in [1.29, 1.82) is 5.26 Å². The van der Waals surface area contributed by atoms with E-state index in [2.05, 4.69) is 60.9 Å². The van der Waals surface area contributed by atoms with Gasteiger partial charge in [-0.15, -0.1) is 0 Å². The van der Waals surface area contributed by atoms with Gasteiger partial charge in [-0.2, -0.15) is 5.26 Å². The molecule has 0 unspecified atom stereocenters. The van der Waals surface area contributed by atoms with Crippen molar-refractivity contribution in [1.82, 2.24) is 9.55 Å². The van der Waals surface area contributed by atoms with Crippen molar-refractivity contribution < 1.29 is 4.74 Å². The summed E-state index contributed by atoms with van der Waals surface area (Å²) in [6, 6.07) is 23.3. The second kappa shape index (κ2) is 8.60. The number of nitriles is 1. The van der Waals surface area contributed by atoms with Crippen LogP contribution in [0.5, 0.6) is 5.75 Å². The average Bonchev–Trinajstić information content (AvgIpc) is 3.08. The van der Waals surface area contributed by atoms with Gasteiger partial charge >= 0.3 is 0 Å². The van der Waals surface area contributed by atoms with Gasteiger partial charge in [-0.25, -0.2) is 4.98 Å². The molecule has 1 aromatic heterocycles. The molecule has 1 aliphatic rings. The first-order valence-corrected chi connectivity index (χ1v) is 11.5. The number of aromatic nitrogens is 2. The Balaban J connectivity index is 1.60. The highest BCUT2D eigenvalue weighted by Gasteiger charge is 2.22. The maximum atomic E-state index is 9.70. The minimum Gasteiger partial charge on any atom is -0.488 e. The van der Waals surface area contributed by atoms with E-state index < -0.39 is 0 Å². The van der Waals surface area contributed by atoms with Gasteiger partial charge in [0.15, 0.2) is 0 Å². The number of hydrogen-bond acceptors (Lipinski definition) is 3. The smallest absolute Gasteiger partial charge is 0.127 e. The quantitative estimate of drug-likeness (QED) is 0.341. The molecule has 0 spiro atoms. The number of nitrogens with zero attached hydrogens (tertiary/aromatic N) is 3. The number of imidazole rings is 1. The maximum Gasteiger partial charge on any atom is 0.127 e. The lowest BCUT2D eigenvalue weighted by molar-refractivity contribution is 0.307. The zero-order chi connectivity index (χ0) is 22.9. The van der Waals surface area contributed by atoms with Crippen LogP contribution < -0.4 is 4.74 Å². The fraction of sp³-hybridized carbons (Fsp3) is 0.241. The Kier molecular flexibility index (Phi) is 5.48. The minimum atomic E-state index is 0.480. The molecule has 3 aromatic carbocycles. The van der Waals surface area contributed by atoms with Crippen LogP contribution in [0.15, 0.2) is 66.2 Å². The Hall–Kier alpha value is -3.84. The van der Waals surface area contributed by atoms with Gasteiger partial charge < -0.3 is 9.30 Å². The SMILES string of the molecule is CCCc1nc2c(C)cccc2n1Cc1ccc2c(c1)COc1ccccc1/C2=C(\C)C#N. The summed E-state index contributed by atoms with van der Waals surface area (Å²) in [5.74, 6) is 1.95. The normalized spacial score (nSPS) is 14.1. The lowest BCUT2D eigenvalue weighted by Gasteiger charge is -2.14. The highest BCUT2D eigenvalue weighted by atomic mass is 16.5. The zero-order valence-electron chi connectivity index (χ0n) is 19.4. The molecule has 0 N–H and O–H groups in total. The fourth-order valence-corrected chi connectivity index (χ4v) is 4.78. The van der Waals surface area contributed by atoms with Gasteiger partial charge in [0.1, 0.15) is 18.2 Å². The summed E-state index contributed by atoms with van der Waals surface area (Å²) in [6.45, 7) is 7.43. The van der Waals surface area contributed by atoms with E-state index in [1.54, 1.807) is 0 Å². The molecule has 2 heterocycles. The van der Waals surface area contributed by atoms with Crippen molar-refractivity contribution in [2.45, 2.75) is 46.8 Å². The van der Waals surface area contributed by atoms with E-state index >= 15 is 0 Å². The average molecular weight is 434 g/mol. The summed E-state index contributed by atoms with van der Waals surface area (Å²) < 4.78 is 8.52. The summed E-state index contributed by atoms with van der Waals surface area (Å²) in [4.78, 5) is 4.97. The summed E-state index contributed by atoms with van der Waals surface area (Å²) in [5, 5.41) is 9.70. The Morgan fingerprint density at radius 1 is 1.09 bits per heavy atom. The van der Waals surface area contributed by atoms with Crippen LogP contribution in [0.4, 0.5) is 0 Å². The molecular formula is C29H27N3O. The second-order valence-corrected chi connectivity index (χ2v) is 8.69. The Bertz CT molecular complexity index is 1440. The summed E-state index contributed by atoms with van der Waals surface area (Å²) in [5.41, 5.74) is 9.49. The number of benzene rings is 3. The molecule has 0 saturated heterocycles. The number of para-hydroxylation sites is 2. The van der Waals surface area contributed by atoms with Crippen LogP contribution in [0.2, 0.25) is 0 Å². The Morgan fingerprint density at radius 2 is 1.94 bits per heavy atom. The molecular weight excluding hydrogens is 406 g/mol. The van der Waals surface area contributed by atoms with Gasteiger partial charge in [-0.3, -0.25) is 0 Å². The lowest BCUT2D eigenvalue weighted by Crippen LogP contribution is -2.06. The molecule has 0 aliphatic carbocycles. The predicted molar refractivity (Wildman–Crippen MR) is 132 cm³/mol. The van der Waals surface area contributed by atoms with E-state index in [1.165, 1.54) is 16.6 Å². The van der Waals surface area contributed by atoms with Crippen LogP contribution in [0.25, 0.3) is 16.6 Å². The standard InChI is InChI=1S/C29H27N3O/c1-4-8-27-31-29-19(2)9-7-11-25(29)32(27)17-21-13-14-23-22(15-21)18-33-26-12-6-5-10-24(26)28(23)20(3)16-30/h5-7,9-15H,4,8,17-18H2,1-3H3/b28-20+. The summed E-state index contributed by atoms with van der Waals surface area (Å²) >= 11 is 0. The molecule has 33 heavy (non-hydrogen) atoms. The first-order chi connectivity index (χ1) is 16.1. The van der Waals surface area contributed by atoms with Crippen molar-refractivity contribution in [2.75, 3.05) is 0 Å². The zero-order valence-corrected chi connectivity index (χ0v) is 19.4. The van der Waals surface area contributed by atoms with Gasteiger partial charge in [-0.1, -0.05) is 49.4 Å². The first kappa shape index (κ1) is 21.0. The van der Waals surface area contributed by atoms with Crippen molar-refractivity contribution in [3.05, 3.63) is 99.9 Å². The van der Waals surface area contributed by atoms with E-state index in [-0.39, 0.29) is 0 Å². The molecule has 0 radical (unpaired) electrons. The van der Waals surface area contributed by atoms with E-state index in [9.17, 15) is 5.26 Å². The van der Waals surface area contributed by atoms with Gasteiger partial charge in [-0.05, 0) is 60.7 Å². The van der Waals surface area contributed by atoms with Gasteiger partial charge in [0.2, 0.25) is 0 Å². The van der Waals surface area contributed by atoms with Crippen LogP contribution in [0, 0.1) is 18.3 Å². The fourth-order valence-electron chi connectivity index (χ4n) is 4.78. The molecule has 5 rings (SSSR count). The minimum absolute atomic E-state index is 0.480. The predicted octanol–water partition coefficient (Wildman–Crippen LogP) is 6.58. The van der Waals surface area contributed by atoms with Crippen LogP contribution in [0.1, 0.15) is 53.9 Å². The third-order valence-electron chi connectivity index (χ3n) is 6.40. The molecule has 0 amide bonds. The van der Waals surface area contributed by atoms with Crippen molar-refractivity contribution in [3.63, 3.8) is 0 Å². The van der Waals surface area contributed by atoms with Crippen LogP contribution >= 0.6 is 0 Å². The van der Waals surface area contributed by atoms with Gasteiger partial charge in [0.25, 0.3) is 0 Å². The third-order valence-corrected chi connectivity index (χ3v) is 6.40. The van der Waals surface area contributed by atoms with Crippen molar-refractivity contribution >= 4 is 16.6 Å². The first-order valence-electron chi connectivity index (χ1n) is 11.5. The van der Waals surface area contributed by atoms with Crippen LogP contribution in [-0.4, -0.2) is 9.55 Å². The highest BCUT2D eigenvalue weighted by molar-refractivity contribution is 5.88. The molecule has 0 bridgehead atoms. The Labute approximate surface area is 194 Å². The van der Waals surface area contributed by atoms with E-state index in [0.29, 0.717) is 12.2 Å². The van der Waals surface area contributed by atoms with Crippen molar-refractivity contribution in [3.8, 4) is 11.8 Å². The Morgan fingerprint density at radius 3 is 2.76 bits per heavy atom. The van der Waals surface area contributed by atoms with Crippen molar-refractivity contribution in [2.24, 2.45) is 0 Å². The molecule has 4 aromatic rings. The van der Waals surface area contributed by atoms with Crippen LogP contribution in [-0.2, 0) is 19.6 Å². The third kappa shape index (κ3) is 3.70. The van der Waals surface area contributed by atoms with E-state index in [0.717, 1.165) is 58.7 Å². The molecule has 1 aliphatic heterocycles. The largest absolute Gasteiger partial charge is 0.488 e. The lowest BCUT2D eigenvalue weighted by atomic mass is 9.90. The van der Waals surface area contributed by atoms with Gasteiger partial charge in [0.05, 0.1) is 17.1 Å².